The fourth-order valence-corrected chi connectivity index (χ4v) is 2.13. The lowest BCUT2D eigenvalue weighted by atomic mass is 9.87. The smallest absolute Gasteiger partial charge is 0.138 e. The lowest BCUT2D eigenvalue weighted by Gasteiger charge is -2.27. The summed E-state index contributed by atoms with van der Waals surface area (Å²) in [6, 6.07) is 9.75. The van der Waals surface area contributed by atoms with Crippen molar-refractivity contribution in [3.63, 3.8) is 0 Å². The Labute approximate surface area is 107 Å². The van der Waals surface area contributed by atoms with Gasteiger partial charge < -0.3 is 5.11 Å². The summed E-state index contributed by atoms with van der Waals surface area (Å²) in [6.45, 7) is 4.77. The Balaban J connectivity index is 2.29. The van der Waals surface area contributed by atoms with Crippen molar-refractivity contribution >= 4 is 0 Å². The van der Waals surface area contributed by atoms with Crippen molar-refractivity contribution in [1.82, 2.24) is 14.8 Å². The van der Waals surface area contributed by atoms with Crippen LogP contribution in [0.3, 0.4) is 0 Å². The molecule has 18 heavy (non-hydrogen) atoms. The highest BCUT2D eigenvalue weighted by atomic mass is 16.3. The molecular formula is C14H19N3O. The molecule has 1 N–H and O–H groups in total. The lowest BCUT2D eigenvalue weighted by molar-refractivity contribution is 0.0296. The predicted molar refractivity (Wildman–Crippen MR) is 70.0 cm³/mol. The summed E-state index contributed by atoms with van der Waals surface area (Å²) in [5, 5.41) is 14.9. The molecule has 4 nitrogen and oxygen atoms in total. The maximum atomic E-state index is 10.8. The Morgan fingerprint density at radius 2 is 1.94 bits per heavy atom. The molecule has 1 aromatic heterocycles. The molecule has 0 bridgehead atoms. The van der Waals surface area contributed by atoms with E-state index in [1.54, 1.807) is 6.33 Å². The Kier molecular flexibility index (Phi) is 3.77. The van der Waals surface area contributed by atoms with Crippen LogP contribution >= 0.6 is 0 Å². The highest BCUT2D eigenvalue weighted by Crippen LogP contribution is 2.28. The minimum absolute atomic E-state index is 0.487. The molecule has 1 heterocycles. The fourth-order valence-electron chi connectivity index (χ4n) is 2.13. The zero-order valence-electron chi connectivity index (χ0n) is 10.9. The van der Waals surface area contributed by atoms with Gasteiger partial charge >= 0.3 is 0 Å². The average Bonchev–Trinajstić information content (AvgIpc) is 2.86. The topological polar surface area (TPSA) is 50.9 Å². The second-order valence-electron chi connectivity index (χ2n) is 4.42. The van der Waals surface area contributed by atoms with Crippen LogP contribution < -0.4 is 0 Å². The van der Waals surface area contributed by atoms with Crippen LogP contribution in [0.2, 0.25) is 0 Å². The van der Waals surface area contributed by atoms with Crippen LogP contribution in [-0.4, -0.2) is 19.9 Å². The van der Waals surface area contributed by atoms with Gasteiger partial charge in [-0.15, -0.1) is 0 Å². The minimum Gasteiger partial charge on any atom is -0.385 e. The lowest BCUT2D eigenvalue weighted by Crippen LogP contribution is -2.29. The van der Waals surface area contributed by atoms with Crippen LogP contribution in [0.4, 0.5) is 0 Å². The second-order valence-corrected chi connectivity index (χ2v) is 4.42. The van der Waals surface area contributed by atoms with Crippen LogP contribution in [-0.2, 0) is 18.6 Å². The predicted octanol–water partition coefficient (Wildman–Crippen LogP) is 2.14. The first-order valence-electron chi connectivity index (χ1n) is 6.34. The van der Waals surface area contributed by atoms with Gasteiger partial charge in [-0.3, -0.25) is 4.68 Å². The van der Waals surface area contributed by atoms with E-state index < -0.39 is 5.60 Å². The van der Waals surface area contributed by atoms with Gasteiger partial charge in [-0.1, -0.05) is 37.3 Å². The van der Waals surface area contributed by atoms with E-state index in [9.17, 15) is 5.11 Å². The number of aliphatic hydroxyl groups is 1. The van der Waals surface area contributed by atoms with Gasteiger partial charge in [-0.05, 0) is 18.9 Å². The zero-order chi connectivity index (χ0) is 13.0. The van der Waals surface area contributed by atoms with Crippen molar-refractivity contribution in [3.8, 4) is 0 Å². The molecule has 0 radical (unpaired) electrons. The van der Waals surface area contributed by atoms with Gasteiger partial charge in [0, 0.05) is 13.0 Å². The molecular weight excluding hydrogens is 226 g/mol. The number of hydrogen-bond acceptors (Lipinski definition) is 3. The highest BCUT2D eigenvalue weighted by Gasteiger charge is 2.29. The van der Waals surface area contributed by atoms with Gasteiger partial charge in [0.2, 0.25) is 0 Å². The van der Waals surface area contributed by atoms with Crippen molar-refractivity contribution in [2.45, 2.75) is 38.8 Å². The summed E-state index contributed by atoms with van der Waals surface area (Å²) in [6.07, 6.45) is 2.68. The van der Waals surface area contributed by atoms with Crippen LogP contribution in [0.1, 0.15) is 31.7 Å². The molecule has 0 saturated heterocycles. The monoisotopic (exact) mass is 245 g/mol. The first-order valence-corrected chi connectivity index (χ1v) is 6.34. The van der Waals surface area contributed by atoms with E-state index in [2.05, 4.69) is 10.1 Å². The summed E-state index contributed by atoms with van der Waals surface area (Å²) in [7, 11) is 0. The summed E-state index contributed by atoms with van der Waals surface area (Å²) < 4.78 is 1.82. The number of hydrogen-bond donors (Lipinski definition) is 1. The zero-order valence-corrected chi connectivity index (χ0v) is 10.9. The second kappa shape index (κ2) is 5.31. The number of benzene rings is 1. The maximum Gasteiger partial charge on any atom is 0.138 e. The number of rotatable bonds is 5. The van der Waals surface area contributed by atoms with Crippen LogP contribution in [0.5, 0.6) is 0 Å². The van der Waals surface area contributed by atoms with Crippen molar-refractivity contribution in [3.05, 3.63) is 48.0 Å². The Morgan fingerprint density at radius 1 is 1.22 bits per heavy atom. The third kappa shape index (κ3) is 2.43. The van der Waals surface area contributed by atoms with E-state index in [0.29, 0.717) is 12.8 Å². The van der Waals surface area contributed by atoms with Crippen molar-refractivity contribution < 1.29 is 5.11 Å². The largest absolute Gasteiger partial charge is 0.385 e. The molecule has 0 amide bonds. The summed E-state index contributed by atoms with van der Waals surface area (Å²) in [5.74, 6) is 0.825. The minimum atomic E-state index is -0.874. The average molecular weight is 245 g/mol. The standard InChI is InChI=1S/C14H19N3O/c1-3-14(18,12-8-6-5-7-9-12)10-13-15-11-16-17(13)4-2/h5-9,11,18H,3-4,10H2,1-2H3. The van der Waals surface area contributed by atoms with Crippen molar-refractivity contribution in [2.75, 3.05) is 0 Å². The van der Waals surface area contributed by atoms with E-state index in [-0.39, 0.29) is 0 Å². The maximum absolute atomic E-state index is 10.8. The molecule has 1 atom stereocenters. The molecule has 0 aliphatic rings. The Hall–Kier alpha value is -1.68. The Bertz CT molecular complexity index is 495. The van der Waals surface area contributed by atoms with Crippen LogP contribution in [0.15, 0.2) is 36.7 Å². The molecule has 1 aromatic carbocycles. The number of aryl methyl sites for hydroxylation is 1. The number of nitrogens with zero attached hydrogens (tertiary/aromatic N) is 3. The first-order chi connectivity index (χ1) is 8.69. The molecule has 2 aromatic rings. The van der Waals surface area contributed by atoms with Crippen LogP contribution in [0, 0.1) is 0 Å². The molecule has 4 heteroatoms. The van der Waals surface area contributed by atoms with Gasteiger partial charge in [-0.2, -0.15) is 5.10 Å². The molecule has 0 spiro atoms. The summed E-state index contributed by atoms with van der Waals surface area (Å²) in [4.78, 5) is 4.24. The van der Waals surface area contributed by atoms with E-state index in [1.165, 1.54) is 0 Å². The van der Waals surface area contributed by atoms with Gasteiger partial charge in [0.05, 0.1) is 5.60 Å². The quantitative estimate of drug-likeness (QED) is 0.878. The number of aromatic nitrogens is 3. The van der Waals surface area contributed by atoms with Crippen molar-refractivity contribution in [2.24, 2.45) is 0 Å². The normalized spacial score (nSPS) is 14.4. The van der Waals surface area contributed by atoms with Gasteiger partial charge in [-0.25, -0.2) is 4.98 Å². The molecule has 2 rings (SSSR count). The first kappa shape index (κ1) is 12.8. The molecule has 0 aliphatic heterocycles. The summed E-state index contributed by atoms with van der Waals surface area (Å²) >= 11 is 0. The van der Waals surface area contributed by atoms with Crippen molar-refractivity contribution in [1.29, 1.82) is 0 Å². The molecule has 0 fully saturated rings. The van der Waals surface area contributed by atoms with E-state index in [4.69, 9.17) is 0 Å². The van der Waals surface area contributed by atoms with Gasteiger partial charge in [0.15, 0.2) is 0 Å². The SMILES string of the molecule is CCn1ncnc1CC(O)(CC)c1ccccc1. The van der Waals surface area contributed by atoms with Gasteiger partial charge in [0.25, 0.3) is 0 Å². The summed E-state index contributed by atoms with van der Waals surface area (Å²) in [5.41, 5.74) is 0.0550. The molecule has 96 valence electrons. The third-order valence-electron chi connectivity index (χ3n) is 3.34. The fraction of sp³-hybridized carbons (Fsp3) is 0.429. The molecule has 0 aliphatic carbocycles. The van der Waals surface area contributed by atoms with E-state index in [1.807, 2.05) is 48.9 Å². The van der Waals surface area contributed by atoms with Crippen LogP contribution in [0.25, 0.3) is 0 Å². The highest BCUT2D eigenvalue weighted by molar-refractivity contribution is 5.23. The molecule has 1 unspecified atom stereocenters. The van der Waals surface area contributed by atoms with Gasteiger partial charge in [0.1, 0.15) is 12.2 Å². The van der Waals surface area contributed by atoms with E-state index in [0.717, 1.165) is 17.9 Å². The Morgan fingerprint density at radius 3 is 2.56 bits per heavy atom. The molecule has 0 saturated carbocycles. The van der Waals surface area contributed by atoms with E-state index >= 15 is 0 Å². The third-order valence-corrected chi connectivity index (χ3v) is 3.34.